The first-order valence-corrected chi connectivity index (χ1v) is 20.9. The molecule has 0 aliphatic carbocycles. The van der Waals surface area contributed by atoms with E-state index in [0.717, 1.165) is 58.3 Å². The van der Waals surface area contributed by atoms with Crippen LogP contribution >= 0.6 is 0 Å². The third kappa shape index (κ3) is 12.4. The molecule has 9 heteroatoms. The zero-order valence-corrected chi connectivity index (χ0v) is 28.3. The lowest BCUT2D eigenvalue weighted by Crippen LogP contribution is -2.44. The van der Waals surface area contributed by atoms with Crippen molar-refractivity contribution >= 4 is 28.6 Å². The Bertz CT molecular complexity index is 1050. The lowest BCUT2D eigenvalue weighted by molar-refractivity contribution is -0.144. The molecule has 0 spiro atoms. The van der Waals surface area contributed by atoms with Gasteiger partial charge in [0.2, 0.25) is 0 Å². The van der Waals surface area contributed by atoms with Crippen LogP contribution in [-0.2, 0) is 36.0 Å². The largest absolute Gasteiger partial charge is 0.507 e. The fraction of sp³-hybridized carbons (Fsp3) is 0.562. The monoisotopic (exact) mass is 602 g/mol. The van der Waals surface area contributed by atoms with Crippen LogP contribution in [0.2, 0.25) is 38.3 Å². The number of carbonyl (C=O) groups excluding carboxylic acids is 2. The van der Waals surface area contributed by atoms with Gasteiger partial charge >= 0.3 is 11.9 Å². The molecule has 0 heterocycles. The molecule has 0 aliphatic rings. The standard InChI is InChI=1S/C32H50O7Si2/c1-23-19-27(20-24(2)31(23)35)11-13-29(33)37-15-9-17-40(5,6)39-41(7,8)18-10-16-38-30(34)14-12-28-21-25(3)32(36)26(4)22-28/h19-22,35-36H,9-18H2,1-8H3. The molecule has 0 aromatic heterocycles. The van der Waals surface area contributed by atoms with E-state index < -0.39 is 16.6 Å². The van der Waals surface area contributed by atoms with Crippen LogP contribution < -0.4 is 0 Å². The molecule has 0 saturated carbocycles. The SMILES string of the molecule is Cc1cc(CCC(=O)OCCC[Si](C)(C)O[Si](C)(C)CCCOC(=O)CCc2cc(C)c(O)c(C)c2)cc(C)c1O. The average molecular weight is 603 g/mol. The quantitative estimate of drug-likeness (QED) is 0.119. The molecule has 0 atom stereocenters. The first-order chi connectivity index (χ1) is 19.1. The number of hydrogen-bond donors (Lipinski definition) is 2. The smallest absolute Gasteiger partial charge is 0.306 e. The minimum absolute atomic E-state index is 0.202. The molecule has 0 unspecified atom stereocenters. The molecule has 0 aliphatic heterocycles. The van der Waals surface area contributed by atoms with E-state index in [1.165, 1.54) is 0 Å². The normalized spacial score (nSPS) is 11.9. The van der Waals surface area contributed by atoms with Gasteiger partial charge in [0, 0.05) is 12.8 Å². The van der Waals surface area contributed by atoms with Gasteiger partial charge in [0.15, 0.2) is 16.6 Å². The third-order valence-electron chi connectivity index (χ3n) is 7.26. The van der Waals surface area contributed by atoms with Crippen LogP contribution in [-0.4, -0.2) is 52.0 Å². The Morgan fingerprint density at radius 2 is 0.951 bits per heavy atom. The van der Waals surface area contributed by atoms with Gasteiger partial charge in [0.05, 0.1) is 13.2 Å². The Labute approximate surface area is 248 Å². The summed E-state index contributed by atoms with van der Waals surface area (Å²) in [6.07, 6.45) is 3.40. The van der Waals surface area contributed by atoms with Gasteiger partial charge in [-0.1, -0.05) is 24.3 Å². The summed E-state index contributed by atoms with van der Waals surface area (Å²) < 4.78 is 17.6. The maximum absolute atomic E-state index is 12.2. The van der Waals surface area contributed by atoms with Crippen LogP contribution in [0.1, 0.15) is 59.1 Å². The highest BCUT2D eigenvalue weighted by Gasteiger charge is 2.32. The summed E-state index contributed by atoms with van der Waals surface area (Å²) in [5, 5.41) is 19.8. The summed E-state index contributed by atoms with van der Waals surface area (Å²) >= 11 is 0. The number of aryl methyl sites for hydroxylation is 6. The van der Waals surface area contributed by atoms with Crippen molar-refractivity contribution < 1.29 is 33.4 Å². The van der Waals surface area contributed by atoms with Crippen molar-refractivity contribution in [3.05, 3.63) is 57.6 Å². The summed E-state index contributed by atoms with van der Waals surface area (Å²) in [6.45, 7) is 17.1. The molecule has 0 bridgehead atoms. The number of rotatable bonds is 16. The van der Waals surface area contributed by atoms with Crippen molar-refractivity contribution in [3.63, 3.8) is 0 Å². The molecule has 0 fully saturated rings. The van der Waals surface area contributed by atoms with Gasteiger partial charge in [-0.3, -0.25) is 9.59 Å². The van der Waals surface area contributed by atoms with Crippen LogP contribution in [0.25, 0.3) is 0 Å². The first-order valence-electron chi connectivity index (χ1n) is 14.7. The predicted octanol–water partition coefficient (Wildman–Crippen LogP) is 7.19. The van der Waals surface area contributed by atoms with E-state index in [-0.39, 0.29) is 11.9 Å². The van der Waals surface area contributed by atoms with E-state index in [1.807, 2.05) is 52.0 Å². The second-order valence-corrected chi connectivity index (χ2v) is 21.3. The molecule has 0 radical (unpaired) electrons. The molecule has 2 aromatic rings. The number of ether oxygens (including phenoxy) is 2. The van der Waals surface area contributed by atoms with Gasteiger partial charge in [0.1, 0.15) is 11.5 Å². The molecule has 2 aromatic carbocycles. The van der Waals surface area contributed by atoms with Crippen molar-refractivity contribution in [2.24, 2.45) is 0 Å². The average Bonchev–Trinajstić information content (AvgIpc) is 2.87. The number of esters is 2. The summed E-state index contributed by atoms with van der Waals surface area (Å²) in [6, 6.07) is 9.49. The van der Waals surface area contributed by atoms with Crippen LogP contribution in [0.15, 0.2) is 24.3 Å². The van der Waals surface area contributed by atoms with E-state index in [1.54, 1.807) is 0 Å². The summed E-state index contributed by atoms with van der Waals surface area (Å²) in [4.78, 5) is 24.4. The number of aromatic hydroxyl groups is 2. The lowest BCUT2D eigenvalue weighted by Gasteiger charge is -2.34. The second kappa shape index (κ2) is 15.6. The fourth-order valence-electron chi connectivity index (χ4n) is 5.23. The Kier molecular flexibility index (Phi) is 13.1. The summed E-state index contributed by atoms with van der Waals surface area (Å²) in [7, 11) is -3.85. The number of carbonyl (C=O) groups is 2. The highest BCUT2D eigenvalue weighted by molar-refractivity contribution is 6.84. The third-order valence-corrected chi connectivity index (χ3v) is 14.8. The highest BCUT2D eigenvalue weighted by atomic mass is 28.4. The van der Waals surface area contributed by atoms with Crippen molar-refractivity contribution in [1.82, 2.24) is 0 Å². The Morgan fingerprint density at radius 1 is 0.634 bits per heavy atom. The number of phenols is 2. The zero-order valence-electron chi connectivity index (χ0n) is 26.3. The molecule has 7 nitrogen and oxygen atoms in total. The predicted molar refractivity (Wildman–Crippen MR) is 169 cm³/mol. The van der Waals surface area contributed by atoms with Gasteiger partial charge in [-0.2, -0.15) is 0 Å². The van der Waals surface area contributed by atoms with Crippen molar-refractivity contribution in [3.8, 4) is 11.5 Å². The van der Waals surface area contributed by atoms with Gasteiger partial charge in [-0.15, -0.1) is 0 Å². The molecule has 41 heavy (non-hydrogen) atoms. The zero-order chi connectivity index (χ0) is 30.8. The van der Waals surface area contributed by atoms with Crippen LogP contribution in [0.3, 0.4) is 0 Å². The molecule has 2 N–H and O–H groups in total. The number of phenolic OH excluding ortho intramolecular Hbond substituents is 2. The maximum Gasteiger partial charge on any atom is 0.306 e. The van der Waals surface area contributed by atoms with E-state index in [9.17, 15) is 19.8 Å². The van der Waals surface area contributed by atoms with Gasteiger partial charge in [-0.05, 0) is 125 Å². The van der Waals surface area contributed by atoms with Crippen LogP contribution in [0.4, 0.5) is 0 Å². The van der Waals surface area contributed by atoms with Gasteiger partial charge in [-0.25, -0.2) is 0 Å². The summed E-state index contributed by atoms with van der Waals surface area (Å²) in [5.74, 6) is 0.212. The highest BCUT2D eigenvalue weighted by Crippen LogP contribution is 2.26. The molecular weight excluding hydrogens is 553 g/mol. The van der Waals surface area contributed by atoms with Crippen molar-refractivity contribution in [1.29, 1.82) is 0 Å². The molecular formula is C32H50O7Si2. The van der Waals surface area contributed by atoms with E-state index in [0.29, 0.717) is 50.4 Å². The second-order valence-electron chi connectivity index (χ2n) is 12.4. The van der Waals surface area contributed by atoms with E-state index in [4.69, 9.17) is 13.6 Å². The Balaban J connectivity index is 1.62. The molecule has 0 amide bonds. The molecule has 228 valence electrons. The van der Waals surface area contributed by atoms with Gasteiger partial charge in [0.25, 0.3) is 0 Å². The van der Waals surface area contributed by atoms with Crippen molar-refractivity contribution in [2.45, 2.75) is 104 Å². The Hall–Kier alpha value is -2.63. The fourth-order valence-corrected chi connectivity index (χ4v) is 14.0. The van der Waals surface area contributed by atoms with Crippen LogP contribution in [0.5, 0.6) is 11.5 Å². The number of benzene rings is 2. The minimum Gasteiger partial charge on any atom is -0.507 e. The number of hydrogen-bond acceptors (Lipinski definition) is 7. The Morgan fingerprint density at radius 3 is 1.27 bits per heavy atom. The van der Waals surface area contributed by atoms with E-state index in [2.05, 4.69) is 26.2 Å². The lowest BCUT2D eigenvalue weighted by atomic mass is 10.0. The van der Waals surface area contributed by atoms with Crippen molar-refractivity contribution in [2.75, 3.05) is 13.2 Å². The first kappa shape index (κ1) is 34.6. The molecule has 0 saturated heterocycles. The van der Waals surface area contributed by atoms with E-state index >= 15 is 0 Å². The van der Waals surface area contributed by atoms with Gasteiger partial charge < -0.3 is 23.8 Å². The molecule has 2 rings (SSSR count). The topological polar surface area (TPSA) is 102 Å². The minimum atomic E-state index is -1.92. The summed E-state index contributed by atoms with van der Waals surface area (Å²) in [5.41, 5.74) is 5.33. The van der Waals surface area contributed by atoms with Crippen LogP contribution in [0, 0.1) is 27.7 Å². The maximum atomic E-state index is 12.2.